The average molecular weight is 508 g/mol. The lowest BCUT2D eigenvalue weighted by Crippen LogP contribution is -2.45. The molecule has 0 radical (unpaired) electrons. The number of rotatable bonds is 11. The molecule has 1 aliphatic rings. The average Bonchev–Trinajstić information content (AvgIpc) is 3.56. The predicted molar refractivity (Wildman–Crippen MR) is 139 cm³/mol. The van der Waals surface area contributed by atoms with Gasteiger partial charge in [0, 0.05) is 13.1 Å². The largest absolute Gasteiger partial charge is 0.492 e. The van der Waals surface area contributed by atoms with Crippen molar-refractivity contribution in [1.82, 2.24) is 9.80 Å². The molecule has 0 spiro atoms. The molecule has 3 aromatic rings. The van der Waals surface area contributed by atoms with Crippen LogP contribution >= 0.6 is 0 Å². The van der Waals surface area contributed by atoms with Crippen LogP contribution in [-0.2, 0) is 17.9 Å². The Morgan fingerprint density at radius 2 is 1.81 bits per heavy atom. The van der Waals surface area contributed by atoms with E-state index in [1.165, 1.54) is 4.90 Å². The van der Waals surface area contributed by atoms with E-state index in [9.17, 15) is 9.59 Å². The fraction of sp³-hybridized carbons (Fsp3) is 0.357. The number of nitrogens with one attached hydrogen (secondary N) is 1. The molecule has 0 saturated carbocycles. The minimum absolute atomic E-state index is 0.0912. The molecule has 4 rings (SSSR count). The number of urea groups is 1. The smallest absolute Gasteiger partial charge is 0.322 e. The molecule has 0 bridgehead atoms. The lowest BCUT2D eigenvalue weighted by atomic mass is 10.1. The number of carbonyl (C=O) groups is 2. The minimum Gasteiger partial charge on any atom is -0.492 e. The highest BCUT2D eigenvalue weighted by atomic mass is 16.7. The van der Waals surface area contributed by atoms with Gasteiger partial charge in [-0.3, -0.25) is 4.79 Å². The molecule has 1 aliphatic heterocycles. The van der Waals surface area contributed by atoms with Gasteiger partial charge in [-0.15, -0.1) is 0 Å². The third-order valence-electron chi connectivity index (χ3n) is 5.72. The molecular weight excluding hydrogens is 474 g/mol. The van der Waals surface area contributed by atoms with Gasteiger partial charge in [0.2, 0.25) is 12.7 Å². The number of para-hydroxylation sites is 2. The standard InChI is InChI=1S/C28H33N3O6/c1-4-34-24-10-6-5-9-23(24)29-28(33)31(15-20(2)3)18-27(32)30(17-22-8-7-13-35-22)16-21-11-12-25-26(14-21)37-19-36-25/h5-14,20H,4,15-19H2,1-3H3,(H,29,33). The molecule has 0 aliphatic carbocycles. The van der Waals surface area contributed by atoms with E-state index in [0.29, 0.717) is 48.4 Å². The van der Waals surface area contributed by atoms with Gasteiger partial charge in [-0.25, -0.2) is 4.79 Å². The van der Waals surface area contributed by atoms with E-state index in [-0.39, 0.29) is 37.7 Å². The molecule has 0 saturated heterocycles. The van der Waals surface area contributed by atoms with Crippen molar-refractivity contribution in [3.05, 3.63) is 72.2 Å². The highest BCUT2D eigenvalue weighted by Crippen LogP contribution is 2.33. The Bertz CT molecular complexity index is 1190. The topological polar surface area (TPSA) is 93.5 Å². The van der Waals surface area contributed by atoms with Gasteiger partial charge in [0.25, 0.3) is 0 Å². The normalized spacial score (nSPS) is 11.9. The summed E-state index contributed by atoms with van der Waals surface area (Å²) in [5, 5.41) is 2.91. The highest BCUT2D eigenvalue weighted by molar-refractivity contribution is 5.93. The monoisotopic (exact) mass is 507 g/mol. The Kier molecular flexibility index (Phi) is 8.56. The Balaban J connectivity index is 1.51. The summed E-state index contributed by atoms with van der Waals surface area (Å²) in [5.41, 5.74) is 1.44. The SMILES string of the molecule is CCOc1ccccc1NC(=O)N(CC(=O)N(Cc1ccc2c(c1)OCO2)Cc1ccco1)CC(C)C. The molecular formula is C28H33N3O6. The van der Waals surface area contributed by atoms with E-state index >= 15 is 0 Å². The van der Waals surface area contributed by atoms with Crippen LogP contribution in [0.5, 0.6) is 17.2 Å². The summed E-state index contributed by atoms with van der Waals surface area (Å²) in [6.45, 7) is 7.46. The van der Waals surface area contributed by atoms with Crippen LogP contribution in [0.2, 0.25) is 0 Å². The molecule has 0 fully saturated rings. The molecule has 196 valence electrons. The summed E-state index contributed by atoms with van der Waals surface area (Å²) in [4.78, 5) is 30.1. The maximum atomic E-state index is 13.6. The molecule has 1 N–H and O–H groups in total. The first-order valence-corrected chi connectivity index (χ1v) is 12.4. The van der Waals surface area contributed by atoms with Gasteiger partial charge >= 0.3 is 6.03 Å². The first-order chi connectivity index (χ1) is 17.9. The summed E-state index contributed by atoms with van der Waals surface area (Å²) >= 11 is 0. The summed E-state index contributed by atoms with van der Waals surface area (Å²) in [6, 6.07) is 16.1. The molecule has 2 aromatic carbocycles. The van der Waals surface area contributed by atoms with Crippen LogP contribution in [0.4, 0.5) is 10.5 Å². The van der Waals surface area contributed by atoms with Crippen molar-refractivity contribution < 1.29 is 28.2 Å². The number of amides is 3. The van der Waals surface area contributed by atoms with Crippen LogP contribution in [0.15, 0.2) is 65.3 Å². The summed E-state index contributed by atoms with van der Waals surface area (Å²) < 4.78 is 22.0. The Morgan fingerprint density at radius 3 is 2.57 bits per heavy atom. The van der Waals surface area contributed by atoms with Gasteiger partial charge in [-0.2, -0.15) is 0 Å². The van der Waals surface area contributed by atoms with Crippen LogP contribution in [-0.4, -0.2) is 48.2 Å². The van der Waals surface area contributed by atoms with E-state index in [1.54, 1.807) is 29.4 Å². The maximum Gasteiger partial charge on any atom is 0.322 e. The fourth-order valence-corrected chi connectivity index (χ4v) is 4.05. The quantitative estimate of drug-likeness (QED) is 0.387. The van der Waals surface area contributed by atoms with E-state index in [2.05, 4.69) is 5.32 Å². The van der Waals surface area contributed by atoms with E-state index in [4.69, 9.17) is 18.6 Å². The number of anilines is 1. The first-order valence-electron chi connectivity index (χ1n) is 12.4. The van der Waals surface area contributed by atoms with Crippen molar-refractivity contribution >= 4 is 17.6 Å². The Hall–Kier alpha value is -4.14. The number of nitrogens with zero attached hydrogens (tertiary/aromatic N) is 2. The molecule has 3 amide bonds. The van der Waals surface area contributed by atoms with Crippen molar-refractivity contribution in [2.75, 3.05) is 31.8 Å². The molecule has 2 heterocycles. The fourth-order valence-electron chi connectivity index (χ4n) is 4.05. The number of hydrogen-bond acceptors (Lipinski definition) is 6. The van der Waals surface area contributed by atoms with Gasteiger partial charge in [-0.05, 0) is 54.8 Å². The first kappa shape index (κ1) is 25.9. The summed E-state index contributed by atoms with van der Waals surface area (Å²) in [7, 11) is 0. The molecule has 0 atom stereocenters. The van der Waals surface area contributed by atoms with E-state index in [1.807, 2.05) is 57.2 Å². The Labute approximate surface area is 216 Å². The van der Waals surface area contributed by atoms with Gasteiger partial charge in [0.05, 0.1) is 25.1 Å². The Morgan fingerprint density at radius 1 is 1.00 bits per heavy atom. The molecule has 1 aromatic heterocycles. The van der Waals surface area contributed by atoms with Crippen LogP contribution in [0, 0.1) is 5.92 Å². The minimum atomic E-state index is -0.366. The van der Waals surface area contributed by atoms with Crippen molar-refractivity contribution in [3.63, 3.8) is 0 Å². The van der Waals surface area contributed by atoms with Crippen molar-refractivity contribution in [1.29, 1.82) is 0 Å². The van der Waals surface area contributed by atoms with E-state index in [0.717, 1.165) is 5.56 Å². The third-order valence-corrected chi connectivity index (χ3v) is 5.72. The molecule has 0 unspecified atom stereocenters. The summed E-state index contributed by atoms with van der Waals surface area (Å²) in [6.07, 6.45) is 1.58. The number of hydrogen-bond donors (Lipinski definition) is 1. The maximum absolute atomic E-state index is 13.6. The van der Waals surface area contributed by atoms with E-state index < -0.39 is 0 Å². The van der Waals surface area contributed by atoms with Gasteiger partial charge < -0.3 is 33.7 Å². The van der Waals surface area contributed by atoms with Crippen molar-refractivity contribution in [3.8, 4) is 17.2 Å². The summed E-state index contributed by atoms with van der Waals surface area (Å²) in [5.74, 6) is 2.52. The number of fused-ring (bicyclic) bond motifs is 1. The predicted octanol–water partition coefficient (Wildman–Crippen LogP) is 5.13. The van der Waals surface area contributed by atoms with Crippen LogP contribution in [0.1, 0.15) is 32.1 Å². The van der Waals surface area contributed by atoms with Gasteiger partial charge in [0.15, 0.2) is 11.5 Å². The lowest BCUT2D eigenvalue weighted by molar-refractivity contribution is -0.133. The number of ether oxygens (including phenoxy) is 3. The number of benzene rings is 2. The van der Waals surface area contributed by atoms with Crippen molar-refractivity contribution in [2.45, 2.75) is 33.9 Å². The lowest BCUT2D eigenvalue weighted by Gasteiger charge is -2.29. The second-order valence-corrected chi connectivity index (χ2v) is 9.15. The molecule has 9 nitrogen and oxygen atoms in total. The van der Waals surface area contributed by atoms with Gasteiger partial charge in [-0.1, -0.05) is 32.0 Å². The molecule has 9 heteroatoms. The zero-order valence-corrected chi connectivity index (χ0v) is 21.4. The zero-order valence-electron chi connectivity index (χ0n) is 21.4. The van der Waals surface area contributed by atoms with Gasteiger partial charge in [0.1, 0.15) is 18.1 Å². The highest BCUT2D eigenvalue weighted by Gasteiger charge is 2.24. The van der Waals surface area contributed by atoms with Crippen molar-refractivity contribution in [2.24, 2.45) is 5.92 Å². The second kappa shape index (κ2) is 12.2. The van der Waals surface area contributed by atoms with Crippen LogP contribution < -0.4 is 19.5 Å². The zero-order chi connectivity index (χ0) is 26.2. The number of carbonyl (C=O) groups excluding carboxylic acids is 2. The number of furan rings is 1. The third kappa shape index (κ3) is 6.97. The molecule has 37 heavy (non-hydrogen) atoms. The second-order valence-electron chi connectivity index (χ2n) is 9.15. The van der Waals surface area contributed by atoms with Crippen LogP contribution in [0.25, 0.3) is 0 Å². The van der Waals surface area contributed by atoms with Crippen LogP contribution in [0.3, 0.4) is 0 Å².